The molecule has 0 radical (unpaired) electrons. The fourth-order valence-electron chi connectivity index (χ4n) is 5.09. The van der Waals surface area contributed by atoms with Crippen LogP contribution in [0.2, 0.25) is 0 Å². The van der Waals surface area contributed by atoms with Gasteiger partial charge in [-0.15, -0.1) is 0 Å². The largest absolute Gasteiger partial charge is 0.325 e. The van der Waals surface area contributed by atoms with Crippen molar-refractivity contribution in [1.29, 1.82) is 0 Å². The lowest BCUT2D eigenvalue weighted by Crippen LogP contribution is -2.45. The number of rotatable bonds is 6. The van der Waals surface area contributed by atoms with Gasteiger partial charge >= 0.3 is 0 Å². The van der Waals surface area contributed by atoms with Gasteiger partial charge in [-0.3, -0.25) is 4.79 Å². The number of piperidine rings is 1. The molecule has 3 aromatic heterocycles. The van der Waals surface area contributed by atoms with Crippen molar-refractivity contribution in [2.75, 3.05) is 25.5 Å². The van der Waals surface area contributed by atoms with Crippen molar-refractivity contribution < 1.29 is 9.18 Å². The third-order valence-electron chi connectivity index (χ3n) is 7.03. The normalized spacial score (nSPS) is 16.4. The molecule has 0 N–H and O–H groups in total. The quantitative estimate of drug-likeness (QED) is 0.360. The molecule has 4 heterocycles. The topological polar surface area (TPSA) is 80.0 Å². The predicted molar refractivity (Wildman–Crippen MR) is 142 cm³/mol. The summed E-state index contributed by atoms with van der Waals surface area (Å²) >= 11 is 0. The Labute approximate surface area is 216 Å². The Morgan fingerprint density at radius 2 is 1.84 bits per heavy atom. The van der Waals surface area contributed by atoms with Crippen LogP contribution in [0.5, 0.6) is 0 Å². The van der Waals surface area contributed by atoms with E-state index in [1.165, 1.54) is 0 Å². The Bertz CT molecular complexity index is 1450. The van der Waals surface area contributed by atoms with E-state index >= 15 is 0 Å². The number of hydrogen-bond acceptors (Lipinski definition) is 6. The van der Waals surface area contributed by atoms with Gasteiger partial charge < -0.3 is 14.4 Å². The summed E-state index contributed by atoms with van der Waals surface area (Å²) in [5.74, 6) is 0.914. The lowest BCUT2D eigenvalue weighted by atomic mass is 10.0. The molecule has 5 rings (SSSR count). The lowest BCUT2D eigenvalue weighted by Gasteiger charge is -2.34. The minimum absolute atomic E-state index is 0.137. The van der Waals surface area contributed by atoms with E-state index in [-0.39, 0.29) is 17.5 Å². The molecule has 0 saturated carbocycles. The van der Waals surface area contributed by atoms with Gasteiger partial charge in [-0.1, -0.05) is 12.1 Å². The number of benzene rings is 1. The summed E-state index contributed by atoms with van der Waals surface area (Å²) in [7, 11) is 4.04. The van der Waals surface area contributed by atoms with E-state index in [9.17, 15) is 9.18 Å². The summed E-state index contributed by atoms with van der Waals surface area (Å²) < 4.78 is 16.9. The number of halogens is 1. The van der Waals surface area contributed by atoms with E-state index in [2.05, 4.69) is 24.8 Å². The molecule has 1 unspecified atom stereocenters. The van der Waals surface area contributed by atoms with Gasteiger partial charge in [0.05, 0.1) is 16.9 Å². The number of amides is 1. The minimum atomic E-state index is -0.602. The third kappa shape index (κ3) is 4.96. The first-order valence-corrected chi connectivity index (χ1v) is 12.6. The Kier molecular flexibility index (Phi) is 6.72. The van der Waals surface area contributed by atoms with E-state index in [1.807, 2.05) is 74.7 Å². The number of imidazole rings is 1. The summed E-state index contributed by atoms with van der Waals surface area (Å²) in [6, 6.07) is 12.0. The molecule has 4 aromatic rings. The van der Waals surface area contributed by atoms with Crippen LogP contribution < -0.4 is 4.90 Å². The Morgan fingerprint density at radius 1 is 1.08 bits per heavy atom. The standard InChI is InChI=1S/C28H32FN7O/c1-17(2)36-18(3)31-27-24(36)16-23(33-28(27)29)22-10-12-30-25(32-22)14-19-6-8-20(9-7-19)35-13-11-21(34(4)5)15-26(35)37/h6-10,12,16-17,21H,11,13-15H2,1-5H3. The second-order valence-corrected chi connectivity index (χ2v) is 10.1. The number of fused-ring (bicyclic) bond motifs is 1. The Balaban J connectivity index is 1.36. The molecule has 192 valence electrons. The molecule has 0 aliphatic carbocycles. The van der Waals surface area contributed by atoms with Crippen LogP contribution >= 0.6 is 0 Å². The number of carbonyl (C=O) groups is 1. The zero-order chi connectivity index (χ0) is 26.3. The average Bonchev–Trinajstić information content (AvgIpc) is 3.21. The molecule has 1 aromatic carbocycles. The molecule has 1 fully saturated rings. The fourth-order valence-corrected chi connectivity index (χ4v) is 5.09. The summed E-state index contributed by atoms with van der Waals surface area (Å²) in [6.45, 7) is 6.67. The maximum absolute atomic E-state index is 14.9. The van der Waals surface area contributed by atoms with Crippen molar-refractivity contribution in [2.24, 2.45) is 0 Å². The summed E-state index contributed by atoms with van der Waals surface area (Å²) in [6.07, 6.45) is 3.68. The number of pyridine rings is 1. The number of hydrogen-bond donors (Lipinski definition) is 0. The van der Waals surface area contributed by atoms with Crippen molar-refractivity contribution in [2.45, 2.75) is 52.1 Å². The van der Waals surface area contributed by atoms with Crippen molar-refractivity contribution in [3.63, 3.8) is 0 Å². The van der Waals surface area contributed by atoms with Crippen LogP contribution in [0.15, 0.2) is 42.6 Å². The van der Waals surface area contributed by atoms with Gasteiger partial charge in [-0.25, -0.2) is 19.9 Å². The van der Waals surface area contributed by atoms with E-state index in [1.54, 1.807) is 12.3 Å². The third-order valence-corrected chi connectivity index (χ3v) is 7.03. The molecule has 1 aliphatic heterocycles. The van der Waals surface area contributed by atoms with Crippen LogP contribution in [0.4, 0.5) is 10.1 Å². The van der Waals surface area contributed by atoms with Gasteiger partial charge in [0.15, 0.2) is 0 Å². The highest BCUT2D eigenvalue weighted by molar-refractivity contribution is 5.94. The van der Waals surface area contributed by atoms with Crippen LogP contribution in [0, 0.1) is 12.9 Å². The average molecular weight is 502 g/mol. The summed E-state index contributed by atoms with van der Waals surface area (Å²) in [5, 5.41) is 0. The predicted octanol–water partition coefficient (Wildman–Crippen LogP) is 4.56. The van der Waals surface area contributed by atoms with Gasteiger partial charge in [-0.2, -0.15) is 4.39 Å². The van der Waals surface area contributed by atoms with E-state index in [0.717, 1.165) is 30.0 Å². The van der Waals surface area contributed by atoms with Gasteiger partial charge in [0.25, 0.3) is 0 Å². The van der Waals surface area contributed by atoms with Crippen molar-refractivity contribution in [1.82, 2.24) is 29.4 Å². The first-order chi connectivity index (χ1) is 17.7. The van der Waals surface area contributed by atoms with Crippen molar-refractivity contribution in [3.8, 4) is 11.4 Å². The van der Waals surface area contributed by atoms with E-state index in [0.29, 0.717) is 41.6 Å². The second kappa shape index (κ2) is 9.97. The molecule has 1 aliphatic rings. The zero-order valence-corrected chi connectivity index (χ0v) is 21.9. The molecule has 8 nitrogen and oxygen atoms in total. The van der Waals surface area contributed by atoms with E-state index < -0.39 is 5.95 Å². The molecule has 1 atom stereocenters. The smallest absolute Gasteiger partial charge is 0.241 e. The van der Waals surface area contributed by atoms with Crippen molar-refractivity contribution >= 4 is 22.6 Å². The molecule has 9 heteroatoms. The SMILES string of the molecule is Cc1nc2c(F)nc(-c3ccnc(Cc4ccc(N5CCC(N(C)C)CC5=O)cc4)n3)cc2n1C(C)C. The van der Waals surface area contributed by atoms with Gasteiger partial charge in [0, 0.05) is 43.4 Å². The van der Waals surface area contributed by atoms with E-state index in [4.69, 9.17) is 0 Å². The number of aryl methyl sites for hydroxylation is 1. The molecule has 0 spiro atoms. The fraction of sp³-hybridized carbons (Fsp3) is 0.393. The Hall–Kier alpha value is -3.72. The number of anilines is 1. The number of aromatic nitrogens is 5. The van der Waals surface area contributed by atoms with Crippen LogP contribution in [-0.2, 0) is 11.2 Å². The second-order valence-electron chi connectivity index (χ2n) is 10.1. The molecule has 37 heavy (non-hydrogen) atoms. The number of nitrogens with zero attached hydrogens (tertiary/aromatic N) is 7. The first kappa shape index (κ1) is 25.0. The molecule has 1 saturated heterocycles. The highest BCUT2D eigenvalue weighted by atomic mass is 19.1. The lowest BCUT2D eigenvalue weighted by molar-refractivity contribution is -0.120. The Morgan fingerprint density at radius 3 is 2.51 bits per heavy atom. The van der Waals surface area contributed by atoms with Crippen LogP contribution in [0.25, 0.3) is 22.4 Å². The number of carbonyl (C=O) groups excluding carboxylic acids is 1. The first-order valence-electron chi connectivity index (χ1n) is 12.6. The summed E-state index contributed by atoms with van der Waals surface area (Å²) in [4.78, 5) is 34.3. The van der Waals surface area contributed by atoms with Gasteiger partial charge in [0.1, 0.15) is 17.2 Å². The molecular weight excluding hydrogens is 469 g/mol. The van der Waals surface area contributed by atoms with Crippen LogP contribution in [-0.4, -0.2) is 62.0 Å². The maximum atomic E-state index is 14.9. The monoisotopic (exact) mass is 501 g/mol. The molecule has 1 amide bonds. The maximum Gasteiger partial charge on any atom is 0.241 e. The van der Waals surface area contributed by atoms with Crippen LogP contribution in [0.1, 0.15) is 49.9 Å². The molecule has 0 bridgehead atoms. The summed E-state index contributed by atoms with van der Waals surface area (Å²) in [5.41, 5.74) is 3.92. The molecular formula is C28H32FN7O. The van der Waals surface area contributed by atoms with Gasteiger partial charge in [0.2, 0.25) is 11.9 Å². The zero-order valence-electron chi connectivity index (χ0n) is 21.9. The van der Waals surface area contributed by atoms with Gasteiger partial charge in [-0.05, 0) is 71.1 Å². The van der Waals surface area contributed by atoms with Crippen molar-refractivity contribution in [3.05, 3.63) is 65.8 Å². The highest BCUT2D eigenvalue weighted by Gasteiger charge is 2.27. The highest BCUT2D eigenvalue weighted by Crippen LogP contribution is 2.27. The minimum Gasteiger partial charge on any atom is -0.325 e. The van der Waals surface area contributed by atoms with Crippen LogP contribution in [0.3, 0.4) is 0 Å².